The Kier molecular flexibility index (Phi) is 10.5. The maximum Gasteiger partial charge on any atom is 0.251 e. The first kappa shape index (κ1) is 28.6. The normalized spacial score (nSPS) is 16.0. The predicted molar refractivity (Wildman–Crippen MR) is 145 cm³/mol. The smallest absolute Gasteiger partial charge is 0.251 e. The van der Waals surface area contributed by atoms with Crippen LogP contribution in [0.25, 0.3) is 0 Å². The lowest BCUT2D eigenvalue weighted by molar-refractivity contribution is -0.122. The summed E-state index contributed by atoms with van der Waals surface area (Å²) in [5.74, 6) is 0.684. The van der Waals surface area contributed by atoms with Crippen LogP contribution in [0.1, 0.15) is 74.9 Å². The topological polar surface area (TPSA) is 70.7 Å². The van der Waals surface area contributed by atoms with Gasteiger partial charge in [0.05, 0.1) is 13.2 Å². The molecule has 202 valence electrons. The minimum absolute atomic E-state index is 0.00393. The maximum atomic E-state index is 13.8. The number of halogens is 1. The third-order valence-corrected chi connectivity index (χ3v) is 6.85. The van der Waals surface area contributed by atoms with Gasteiger partial charge in [-0.15, -0.1) is 0 Å². The molecule has 0 saturated carbocycles. The molecular weight excluding hydrogens is 469 g/mol. The van der Waals surface area contributed by atoms with Gasteiger partial charge in [-0.05, 0) is 68.0 Å². The third kappa shape index (κ3) is 8.85. The van der Waals surface area contributed by atoms with Crippen molar-refractivity contribution in [2.45, 2.75) is 65.3 Å². The van der Waals surface area contributed by atoms with Gasteiger partial charge in [-0.3, -0.25) is 14.5 Å². The van der Waals surface area contributed by atoms with Crippen molar-refractivity contribution in [1.82, 2.24) is 15.5 Å². The van der Waals surface area contributed by atoms with E-state index in [1.807, 2.05) is 38.1 Å². The maximum absolute atomic E-state index is 13.8. The molecule has 0 atom stereocenters. The summed E-state index contributed by atoms with van der Waals surface area (Å²) < 4.78 is 20.0. The van der Waals surface area contributed by atoms with Crippen LogP contribution in [0.5, 0.6) is 5.75 Å². The van der Waals surface area contributed by atoms with E-state index in [0.29, 0.717) is 43.5 Å². The number of rotatable bonds is 7. The molecule has 0 spiro atoms. The molecular formula is C30H42FN3O3. The second kappa shape index (κ2) is 13.6. The summed E-state index contributed by atoms with van der Waals surface area (Å²) in [6, 6.07) is 12.0. The van der Waals surface area contributed by atoms with Crippen LogP contribution in [-0.4, -0.2) is 49.5 Å². The number of hydrogen-bond acceptors (Lipinski definition) is 4. The van der Waals surface area contributed by atoms with Crippen molar-refractivity contribution in [3.8, 4) is 5.75 Å². The molecule has 0 aliphatic carbocycles. The van der Waals surface area contributed by atoms with Crippen molar-refractivity contribution in [2.24, 2.45) is 5.92 Å². The monoisotopic (exact) mass is 511 g/mol. The zero-order valence-electron chi connectivity index (χ0n) is 22.7. The van der Waals surface area contributed by atoms with Crippen LogP contribution in [0.4, 0.5) is 4.39 Å². The summed E-state index contributed by atoms with van der Waals surface area (Å²) in [5.41, 5.74) is 1.70. The molecule has 0 fully saturated rings. The molecule has 2 aromatic carbocycles. The number of nitrogens with zero attached hydrogens (tertiary/aromatic N) is 1. The van der Waals surface area contributed by atoms with Crippen molar-refractivity contribution in [2.75, 3.05) is 32.8 Å². The van der Waals surface area contributed by atoms with E-state index < -0.39 is 5.41 Å². The number of hydrogen-bond donors (Lipinski definition) is 2. The van der Waals surface area contributed by atoms with Crippen LogP contribution in [0, 0.1) is 11.7 Å². The van der Waals surface area contributed by atoms with Crippen LogP contribution in [0.15, 0.2) is 42.5 Å². The Morgan fingerprint density at radius 3 is 2.68 bits per heavy atom. The fourth-order valence-electron chi connectivity index (χ4n) is 4.44. The molecule has 3 rings (SSSR count). The number of fused-ring (bicyclic) bond motifs is 1. The lowest BCUT2D eigenvalue weighted by Crippen LogP contribution is -2.39. The van der Waals surface area contributed by atoms with Gasteiger partial charge >= 0.3 is 0 Å². The van der Waals surface area contributed by atoms with Gasteiger partial charge in [-0.2, -0.15) is 0 Å². The third-order valence-electron chi connectivity index (χ3n) is 6.85. The van der Waals surface area contributed by atoms with Gasteiger partial charge in [0.1, 0.15) is 11.6 Å². The van der Waals surface area contributed by atoms with Crippen molar-refractivity contribution in [3.05, 3.63) is 65.0 Å². The standard InChI is InChI=1S/C30H42FN3O3/c1-22(2)14-16-34-19-26-25(29(36)33-21-30(3,4)23-10-8-11-24(31)18-23)12-9-13-27(26)37-17-7-5-6-15-32-28(35)20-34/h8-13,18,22H,5-7,14-17,19-21H2,1-4H3,(H,32,35)(H,33,36). The van der Waals surface area contributed by atoms with Gasteiger partial charge in [0.15, 0.2) is 0 Å². The Hall–Kier alpha value is -2.93. The zero-order valence-corrected chi connectivity index (χ0v) is 22.7. The Labute approximate surface area is 221 Å². The van der Waals surface area contributed by atoms with E-state index >= 15 is 0 Å². The number of benzene rings is 2. The summed E-state index contributed by atoms with van der Waals surface area (Å²) in [6.45, 7) is 11.3. The van der Waals surface area contributed by atoms with E-state index in [0.717, 1.165) is 43.4 Å². The van der Waals surface area contributed by atoms with E-state index in [-0.39, 0.29) is 24.2 Å². The predicted octanol–water partition coefficient (Wildman–Crippen LogP) is 5.06. The number of carbonyl (C=O) groups excluding carboxylic acids is 2. The lowest BCUT2D eigenvalue weighted by Gasteiger charge is -2.27. The summed E-state index contributed by atoms with van der Waals surface area (Å²) in [7, 11) is 0. The van der Waals surface area contributed by atoms with Gasteiger partial charge in [0.25, 0.3) is 5.91 Å². The molecule has 6 nitrogen and oxygen atoms in total. The summed E-state index contributed by atoms with van der Waals surface area (Å²) >= 11 is 0. The summed E-state index contributed by atoms with van der Waals surface area (Å²) in [5, 5.41) is 6.09. The molecule has 2 amide bonds. The first-order valence-corrected chi connectivity index (χ1v) is 13.4. The lowest BCUT2D eigenvalue weighted by atomic mass is 9.84. The molecule has 1 aliphatic heterocycles. The Morgan fingerprint density at radius 1 is 1.14 bits per heavy atom. The van der Waals surface area contributed by atoms with Crippen molar-refractivity contribution in [1.29, 1.82) is 0 Å². The molecule has 7 heteroatoms. The molecule has 2 aromatic rings. The molecule has 2 N–H and O–H groups in total. The largest absolute Gasteiger partial charge is 0.493 e. The fourth-order valence-corrected chi connectivity index (χ4v) is 4.44. The molecule has 0 unspecified atom stereocenters. The van der Waals surface area contributed by atoms with Crippen LogP contribution in [0.2, 0.25) is 0 Å². The average Bonchev–Trinajstić information content (AvgIpc) is 2.87. The van der Waals surface area contributed by atoms with Crippen LogP contribution in [0.3, 0.4) is 0 Å². The van der Waals surface area contributed by atoms with Gasteiger partial charge in [-0.1, -0.05) is 45.9 Å². The fraction of sp³-hybridized carbons (Fsp3) is 0.533. The molecule has 0 radical (unpaired) electrons. The van der Waals surface area contributed by atoms with E-state index in [9.17, 15) is 14.0 Å². The molecule has 1 heterocycles. The zero-order chi connectivity index (χ0) is 26.8. The number of carbonyl (C=O) groups is 2. The van der Waals surface area contributed by atoms with Crippen molar-refractivity contribution < 1.29 is 18.7 Å². The number of ether oxygens (including phenoxy) is 1. The average molecular weight is 512 g/mol. The second-order valence-corrected chi connectivity index (χ2v) is 11.0. The second-order valence-electron chi connectivity index (χ2n) is 11.0. The van der Waals surface area contributed by atoms with Crippen LogP contribution >= 0.6 is 0 Å². The van der Waals surface area contributed by atoms with Crippen LogP contribution in [-0.2, 0) is 16.8 Å². The van der Waals surface area contributed by atoms with Crippen molar-refractivity contribution in [3.63, 3.8) is 0 Å². The molecule has 0 saturated heterocycles. The summed E-state index contributed by atoms with van der Waals surface area (Å²) in [6.07, 6.45) is 3.70. The van der Waals surface area contributed by atoms with Gasteiger partial charge < -0.3 is 15.4 Å². The highest BCUT2D eigenvalue weighted by atomic mass is 19.1. The molecule has 0 aromatic heterocycles. The first-order chi connectivity index (χ1) is 17.7. The van der Waals surface area contributed by atoms with E-state index in [2.05, 4.69) is 29.4 Å². The SMILES string of the molecule is CC(C)CCN1CC(=O)NCCCCCOc2cccc(C(=O)NCC(C)(C)c3cccc(F)c3)c2C1. The van der Waals surface area contributed by atoms with E-state index in [1.165, 1.54) is 12.1 Å². The molecule has 1 aliphatic rings. The minimum Gasteiger partial charge on any atom is -0.493 e. The van der Waals surface area contributed by atoms with Crippen molar-refractivity contribution >= 4 is 11.8 Å². The first-order valence-electron chi connectivity index (χ1n) is 13.4. The Morgan fingerprint density at radius 2 is 1.92 bits per heavy atom. The number of amides is 2. The Balaban J connectivity index is 1.86. The van der Waals surface area contributed by atoms with E-state index in [4.69, 9.17) is 4.74 Å². The van der Waals surface area contributed by atoms with Crippen LogP contribution < -0.4 is 15.4 Å². The number of nitrogens with one attached hydrogen (secondary N) is 2. The summed E-state index contributed by atoms with van der Waals surface area (Å²) in [4.78, 5) is 28.2. The van der Waals surface area contributed by atoms with Gasteiger partial charge in [0.2, 0.25) is 5.91 Å². The Bertz CT molecular complexity index is 1050. The highest BCUT2D eigenvalue weighted by molar-refractivity contribution is 5.96. The van der Waals surface area contributed by atoms with Gasteiger partial charge in [-0.25, -0.2) is 4.39 Å². The highest BCUT2D eigenvalue weighted by Crippen LogP contribution is 2.27. The van der Waals surface area contributed by atoms with Gasteiger partial charge in [0, 0.05) is 36.2 Å². The highest BCUT2D eigenvalue weighted by Gasteiger charge is 2.25. The quantitative estimate of drug-likeness (QED) is 0.545. The van der Waals surface area contributed by atoms with E-state index in [1.54, 1.807) is 6.07 Å². The minimum atomic E-state index is -0.456. The molecule has 37 heavy (non-hydrogen) atoms. The molecule has 0 bridgehead atoms.